The third kappa shape index (κ3) is 4.39. The normalized spacial score (nSPS) is 13.4. The summed E-state index contributed by atoms with van der Waals surface area (Å²) in [5.41, 5.74) is 7.15. The van der Waals surface area contributed by atoms with E-state index in [1.807, 2.05) is 49.4 Å². The summed E-state index contributed by atoms with van der Waals surface area (Å²) in [7, 11) is 0. The molecule has 4 rings (SSSR count). The van der Waals surface area contributed by atoms with Gasteiger partial charge in [-0.15, -0.1) is 0 Å². The zero-order chi connectivity index (χ0) is 20.9. The number of carbonyl (C=O) groups is 1. The van der Waals surface area contributed by atoms with Crippen molar-refractivity contribution in [3.63, 3.8) is 0 Å². The number of aliphatic hydroxyl groups excluding tert-OH is 1. The fourth-order valence-electron chi connectivity index (χ4n) is 4.25. The zero-order valence-electron chi connectivity index (χ0n) is 17.2. The number of benzene rings is 3. The number of hydrogen-bond acceptors (Lipinski definition) is 3. The summed E-state index contributed by atoms with van der Waals surface area (Å²) in [5.74, 6) is -0.00337. The van der Waals surface area contributed by atoms with Crippen molar-refractivity contribution in [1.29, 1.82) is 0 Å². The van der Waals surface area contributed by atoms with Gasteiger partial charge in [-0.05, 0) is 41.2 Å². The van der Waals surface area contributed by atoms with E-state index in [9.17, 15) is 9.90 Å². The van der Waals surface area contributed by atoms with Gasteiger partial charge in [0.2, 0.25) is 0 Å². The van der Waals surface area contributed by atoms with Gasteiger partial charge in [-0.3, -0.25) is 0 Å². The second-order valence-corrected chi connectivity index (χ2v) is 7.95. The van der Waals surface area contributed by atoms with Crippen LogP contribution in [0.15, 0.2) is 72.8 Å². The van der Waals surface area contributed by atoms with Gasteiger partial charge in [0, 0.05) is 25.0 Å². The second-order valence-electron chi connectivity index (χ2n) is 7.95. The molecule has 0 aromatic heterocycles. The van der Waals surface area contributed by atoms with Crippen LogP contribution in [0.5, 0.6) is 0 Å². The number of hydrogen-bond donors (Lipinski definition) is 2. The van der Waals surface area contributed by atoms with Crippen LogP contribution in [0.4, 0.5) is 4.79 Å². The highest BCUT2D eigenvalue weighted by Gasteiger charge is 2.29. The predicted octanol–water partition coefficient (Wildman–Crippen LogP) is 4.68. The van der Waals surface area contributed by atoms with Crippen LogP contribution >= 0.6 is 0 Å². The van der Waals surface area contributed by atoms with Crippen molar-refractivity contribution in [1.82, 2.24) is 5.32 Å². The number of aliphatic hydroxyl groups is 1. The number of rotatable bonds is 7. The van der Waals surface area contributed by atoms with Crippen LogP contribution in [0.3, 0.4) is 0 Å². The summed E-state index contributed by atoms with van der Waals surface area (Å²) in [6.07, 6.45) is 0.265. The Morgan fingerprint density at radius 3 is 2.30 bits per heavy atom. The van der Waals surface area contributed by atoms with Gasteiger partial charge in [0.05, 0.1) is 0 Å². The monoisotopic (exact) mass is 401 g/mol. The van der Waals surface area contributed by atoms with Crippen LogP contribution in [0.2, 0.25) is 0 Å². The van der Waals surface area contributed by atoms with Gasteiger partial charge in [0.1, 0.15) is 6.61 Å². The first kappa shape index (κ1) is 20.2. The second kappa shape index (κ2) is 9.14. The Hall–Kier alpha value is -3.11. The summed E-state index contributed by atoms with van der Waals surface area (Å²) in [4.78, 5) is 12.3. The number of aryl methyl sites for hydroxylation is 1. The van der Waals surface area contributed by atoms with E-state index < -0.39 is 6.09 Å². The van der Waals surface area contributed by atoms with Crippen molar-refractivity contribution in [2.24, 2.45) is 5.92 Å². The summed E-state index contributed by atoms with van der Waals surface area (Å²) in [5, 5.41) is 12.5. The topological polar surface area (TPSA) is 58.6 Å². The highest BCUT2D eigenvalue weighted by Crippen LogP contribution is 2.44. The first-order valence-electron chi connectivity index (χ1n) is 10.4. The first-order chi connectivity index (χ1) is 14.7. The van der Waals surface area contributed by atoms with E-state index in [1.165, 1.54) is 27.8 Å². The minimum atomic E-state index is -0.445. The van der Waals surface area contributed by atoms with Crippen LogP contribution in [0, 0.1) is 12.8 Å². The highest BCUT2D eigenvalue weighted by atomic mass is 16.5. The third-order valence-electron chi connectivity index (χ3n) is 5.74. The smallest absolute Gasteiger partial charge is 0.407 e. The van der Waals surface area contributed by atoms with Gasteiger partial charge >= 0.3 is 6.09 Å². The molecule has 1 aliphatic rings. The van der Waals surface area contributed by atoms with Crippen molar-refractivity contribution < 1.29 is 14.6 Å². The molecule has 0 spiro atoms. The van der Waals surface area contributed by atoms with E-state index in [4.69, 9.17) is 4.74 Å². The molecule has 0 saturated carbocycles. The molecule has 30 heavy (non-hydrogen) atoms. The maximum Gasteiger partial charge on any atom is 0.407 e. The van der Waals surface area contributed by atoms with Gasteiger partial charge in [-0.2, -0.15) is 0 Å². The van der Waals surface area contributed by atoms with Gasteiger partial charge in [0.25, 0.3) is 0 Å². The molecule has 1 aliphatic carbocycles. The fourth-order valence-corrected chi connectivity index (χ4v) is 4.25. The number of amides is 1. The third-order valence-corrected chi connectivity index (χ3v) is 5.74. The minimum absolute atomic E-state index is 0.0115. The zero-order valence-corrected chi connectivity index (χ0v) is 17.2. The Morgan fingerprint density at radius 1 is 1.00 bits per heavy atom. The molecule has 0 bridgehead atoms. The lowest BCUT2D eigenvalue weighted by Crippen LogP contribution is -2.33. The Labute approximate surface area is 177 Å². The Balaban J connectivity index is 1.34. The SMILES string of the molecule is Cc1cccc(CC(CO)CNC(=O)OCC2c3ccccc3-c3ccccc32)c1. The lowest BCUT2D eigenvalue weighted by atomic mass is 9.98. The lowest BCUT2D eigenvalue weighted by Gasteiger charge is -2.17. The molecule has 4 heteroatoms. The van der Waals surface area contributed by atoms with E-state index >= 15 is 0 Å². The molecule has 0 saturated heterocycles. The van der Waals surface area contributed by atoms with E-state index in [-0.39, 0.29) is 18.4 Å². The molecule has 4 nitrogen and oxygen atoms in total. The Morgan fingerprint density at radius 2 is 1.67 bits per heavy atom. The van der Waals surface area contributed by atoms with Gasteiger partial charge in [-0.25, -0.2) is 4.79 Å². The molecular formula is C26H27NO3. The molecule has 0 aliphatic heterocycles. The summed E-state index contributed by atoms with van der Waals surface area (Å²) in [6.45, 7) is 2.73. The van der Waals surface area contributed by atoms with Gasteiger partial charge in [-0.1, -0.05) is 78.4 Å². The molecule has 1 unspecified atom stereocenters. The standard InChI is InChI=1S/C26H27NO3/c1-18-7-6-8-19(13-18)14-20(16-28)15-27-26(29)30-17-25-23-11-4-2-9-21(23)22-10-3-5-12-24(22)25/h2-13,20,25,28H,14-17H2,1H3,(H,27,29). The minimum Gasteiger partial charge on any atom is -0.449 e. The molecular weight excluding hydrogens is 374 g/mol. The Bertz CT molecular complexity index is 985. The largest absolute Gasteiger partial charge is 0.449 e. The van der Waals surface area contributed by atoms with Crippen molar-refractivity contribution in [2.75, 3.05) is 19.8 Å². The van der Waals surface area contributed by atoms with Crippen LogP contribution in [-0.2, 0) is 11.2 Å². The van der Waals surface area contributed by atoms with Crippen molar-refractivity contribution in [2.45, 2.75) is 19.3 Å². The fraction of sp³-hybridized carbons (Fsp3) is 0.269. The van der Waals surface area contributed by atoms with E-state index in [2.05, 4.69) is 35.6 Å². The molecule has 1 amide bonds. The predicted molar refractivity (Wildman–Crippen MR) is 119 cm³/mol. The molecule has 154 valence electrons. The average Bonchev–Trinajstić information content (AvgIpc) is 3.09. The van der Waals surface area contributed by atoms with Crippen LogP contribution in [-0.4, -0.2) is 31.0 Å². The molecule has 0 heterocycles. The maximum absolute atomic E-state index is 12.3. The van der Waals surface area contributed by atoms with Crippen LogP contribution in [0.25, 0.3) is 11.1 Å². The highest BCUT2D eigenvalue weighted by molar-refractivity contribution is 5.79. The van der Waals surface area contributed by atoms with E-state index in [1.54, 1.807) is 0 Å². The average molecular weight is 402 g/mol. The number of carbonyl (C=O) groups excluding carboxylic acids is 1. The number of alkyl carbamates (subject to hydrolysis) is 1. The van der Waals surface area contributed by atoms with Crippen molar-refractivity contribution in [3.05, 3.63) is 95.1 Å². The number of ether oxygens (including phenoxy) is 1. The van der Waals surface area contributed by atoms with Crippen molar-refractivity contribution in [3.8, 4) is 11.1 Å². The molecule has 0 fully saturated rings. The number of nitrogens with one attached hydrogen (secondary N) is 1. The summed E-state index contributed by atoms with van der Waals surface area (Å²) < 4.78 is 5.57. The Kier molecular flexibility index (Phi) is 6.15. The first-order valence-corrected chi connectivity index (χ1v) is 10.4. The summed E-state index contributed by atoms with van der Waals surface area (Å²) >= 11 is 0. The lowest BCUT2D eigenvalue weighted by molar-refractivity contribution is 0.138. The van der Waals surface area contributed by atoms with Crippen LogP contribution in [0.1, 0.15) is 28.2 Å². The van der Waals surface area contributed by atoms with E-state index in [0.29, 0.717) is 19.6 Å². The molecule has 0 radical (unpaired) electrons. The molecule has 2 N–H and O–H groups in total. The molecule has 1 atom stereocenters. The molecule has 3 aromatic rings. The molecule has 3 aromatic carbocycles. The number of fused-ring (bicyclic) bond motifs is 3. The van der Waals surface area contributed by atoms with Gasteiger partial charge < -0.3 is 15.2 Å². The van der Waals surface area contributed by atoms with Crippen molar-refractivity contribution >= 4 is 6.09 Å². The van der Waals surface area contributed by atoms with Gasteiger partial charge in [0.15, 0.2) is 0 Å². The summed E-state index contributed by atoms with van der Waals surface area (Å²) in [6, 6.07) is 24.8. The van der Waals surface area contributed by atoms with E-state index in [0.717, 1.165) is 5.56 Å². The quantitative estimate of drug-likeness (QED) is 0.604. The maximum atomic E-state index is 12.3. The van der Waals surface area contributed by atoms with Crippen LogP contribution < -0.4 is 5.32 Å².